The van der Waals surface area contributed by atoms with E-state index in [0.29, 0.717) is 16.3 Å². The Morgan fingerprint density at radius 2 is 1.96 bits per heavy atom. The van der Waals surface area contributed by atoms with Crippen LogP contribution in [0.5, 0.6) is 17.2 Å². The van der Waals surface area contributed by atoms with Crippen LogP contribution in [-0.2, 0) is 4.79 Å². The van der Waals surface area contributed by atoms with E-state index in [4.69, 9.17) is 16.3 Å². The Morgan fingerprint density at radius 1 is 1.26 bits per heavy atom. The summed E-state index contributed by atoms with van der Waals surface area (Å²) in [5.74, 6) is -0.145. The lowest BCUT2D eigenvalue weighted by atomic mass is 10.2. The van der Waals surface area contributed by atoms with Crippen molar-refractivity contribution in [3.8, 4) is 17.2 Å². The van der Waals surface area contributed by atoms with Crippen molar-refractivity contribution < 1.29 is 19.7 Å². The maximum absolute atomic E-state index is 11.9. The molecule has 1 amide bonds. The summed E-state index contributed by atoms with van der Waals surface area (Å²) in [6.07, 6.45) is 0.503. The molecular weight excluding hydrogens is 320 g/mol. The largest absolute Gasteiger partial charge is 0.508 e. The highest BCUT2D eigenvalue weighted by Crippen LogP contribution is 2.20. The Balaban J connectivity index is 1.90. The topological polar surface area (TPSA) is 91.2 Å². The molecule has 0 aliphatic carbocycles. The van der Waals surface area contributed by atoms with Crippen molar-refractivity contribution in [2.45, 2.75) is 13.0 Å². The van der Waals surface area contributed by atoms with Gasteiger partial charge in [0.15, 0.2) is 6.10 Å². The summed E-state index contributed by atoms with van der Waals surface area (Å²) in [6, 6.07) is 10.7. The first kappa shape index (κ1) is 16.6. The minimum Gasteiger partial charge on any atom is -0.508 e. The van der Waals surface area contributed by atoms with E-state index in [9.17, 15) is 15.0 Å². The Bertz CT molecular complexity index is 717. The van der Waals surface area contributed by atoms with Crippen LogP contribution >= 0.6 is 11.6 Å². The normalized spacial score (nSPS) is 12.1. The molecule has 2 rings (SSSR count). The number of phenols is 2. The van der Waals surface area contributed by atoms with Crippen LogP contribution in [0.2, 0.25) is 5.02 Å². The van der Waals surface area contributed by atoms with Crippen molar-refractivity contribution in [1.29, 1.82) is 0 Å². The second-order valence-electron chi connectivity index (χ2n) is 4.69. The number of rotatable bonds is 5. The average Bonchev–Trinajstić information content (AvgIpc) is 2.51. The van der Waals surface area contributed by atoms with Crippen LogP contribution in [0.25, 0.3) is 0 Å². The van der Waals surface area contributed by atoms with Gasteiger partial charge in [-0.15, -0.1) is 0 Å². The standard InChI is InChI=1S/C16H15ClN2O4/c1-10(23-14-6-3-12(17)4-7-14)16(22)19-18-9-11-2-5-13(20)8-15(11)21/h2-10,20-21H,1H3,(H,19,22)/b18-9-/t10-/m0/s1. The van der Waals surface area contributed by atoms with E-state index in [0.717, 1.165) is 0 Å². The number of halogens is 1. The van der Waals surface area contributed by atoms with E-state index >= 15 is 0 Å². The van der Waals surface area contributed by atoms with Gasteiger partial charge < -0.3 is 14.9 Å². The lowest BCUT2D eigenvalue weighted by Crippen LogP contribution is -2.33. The minimum atomic E-state index is -0.762. The molecular formula is C16H15ClN2O4. The van der Waals surface area contributed by atoms with Gasteiger partial charge in [-0.25, -0.2) is 5.43 Å². The van der Waals surface area contributed by atoms with Crippen LogP contribution in [0.4, 0.5) is 0 Å². The molecule has 1 atom stereocenters. The number of hydrogen-bond acceptors (Lipinski definition) is 5. The molecule has 0 spiro atoms. The van der Waals surface area contributed by atoms with Gasteiger partial charge >= 0.3 is 0 Å². The molecule has 120 valence electrons. The van der Waals surface area contributed by atoms with Crippen LogP contribution in [0.15, 0.2) is 47.6 Å². The molecule has 0 unspecified atom stereocenters. The quantitative estimate of drug-likeness (QED) is 0.579. The predicted molar refractivity (Wildman–Crippen MR) is 87.1 cm³/mol. The van der Waals surface area contributed by atoms with Crippen molar-refractivity contribution in [2.75, 3.05) is 0 Å². The van der Waals surface area contributed by atoms with Gasteiger partial charge in [-0.3, -0.25) is 4.79 Å². The first-order valence-corrected chi connectivity index (χ1v) is 7.10. The smallest absolute Gasteiger partial charge is 0.280 e. The van der Waals surface area contributed by atoms with Crippen molar-refractivity contribution in [3.05, 3.63) is 53.1 Å². The van der Waals surface area contributed by atoms with E-state index in [1.54, 1.807) is 31.2 Å². The first-order chi connectivity index (χ1) is 11.0. The number of hydrogen-bond donors (Lipinski definition) is 3. The number of nitrogens with one attached hydrogen (secondary N) is 1. The lowest BCUT2D eigenvalue weighted by molar-refractivity contribution is -0.127. The molecule has 7 heteroatoms. The Labute approximate surface area is 138 Å². The number of hydrazone groups is 1. The summed E-state index contributed by atoms with van der Waals surface area (Å²) in [5, 5.41) is 23.1. The van der Waals surface area contributed by atoms with Crippen LogP contribution in [0.3, 0.4) is 0 Å². The highest BCUT2D eigenvalue weighted by atomic mass is 35.5. The van der Waals surface area contributed by atoms with E-state index < -0.39 is 12.0 Å². The molecule has 23 heavy (non-hydrogen) atoms. The van der Waals surface area contributed by atoms with Gasteiger partial charge in [-0.1, -0.05) is 11.6 Å². The highest BCUT2D eigenvalue weighted by Gasteiger charge is 2.13. The van der Waals surface area contributed by atoms with Gasteiger partial charge in [0.1, 0.15) is 17.2 Å². The molecule has 0 aliphatic heterocycles. The summed E-state index contributed by atoms with van der Waals surface area (Å²) in [5.41, 5.74) is 2.67. The molecule has 6 nitrogen and oxygen atoms in total. The van der Waals surface area contributed by atoms with E-state index in [2.05, 4.69) is 10.5 Å². The van der Waals surface area contributed by atoms with Gasteiger partial charge in [0, 0.05) is 16.7 Å². The molecule has 0 heterocycles. The SMILES string of the molecule is C[C@H](Oc1ccc(Cl)cc1)C(=O)N/N=C\c1ccc(O)cc1O. The minimum absolute atomic E-state index is 0.0614. The fourth-order valence-electron chi connectivity index (χ4n) is 1.67. The van der Waals surface area contributed by atoms with Crippen molar-refractivity contribution >= 4 is 23.7 Å². The third kappa shape index (κ3) is 4.89. The van der Waals surface area contributed by atoms with Crippen LogP contribution < -0.4 is 10.2 Å². The number of benzene rings is 2. The number of phenolic OH excluding ortho intramolecular Hbond substituents is 2. The Morgan fingerprint density at radius 3 is 2.61 bits per heavy atom. The van der Waals surface area contributed by atoms with E-state index in [1.165, 1.54) is 24.4 Å². The van der Waals surface area contributed by atoms with Gasteiger partial charge in [0.25, 0.3) is 5.91 Å². The molecule has 0 aromatic heterocycles. The van der Waals surface area contributed by atoms with Gasteiger partial charge in [-0.05, 0) is 43.3 Å². The Hall–Kier alpha value is -2.73. The third-order valence-corrected chi connectivity index (χ3v) is 3.14. The molecule has 2 aromatic carbocycles. The van der Waals surface area contributed by atoms with Crippen LogP contribution in [-0.4, -0.2) is 28.4 Å². The summed E-state index contributed by atoms with van der Waals surface area (Å²) in [6.45, 7) is 1.58. The number of amides is 1. The van der Waals surface area contributed by atoms with Crippen molar-refractivity contribution in [3.63, 3.8) is 0 Å². The molecule has 0 bridgehead atoms. The first-order valence-electron chi connectivity index (χ1n) is 6.73. The zero-order chi connectivity index (χ0) is 16.8. The summed E-state index contributed by atoms with van der Waals surface area (Å²) in [7, 11) is 0. The Kier molecular flexibility index (Phi) is 5.43. The number of ether oxygens (including phenoxy) is 1. The molecule has 3 N–H and O–H groups in total. The molecule has 0 saturated heterocycles. The van der Waals surface area contributed by atoms with Crippen molar-refractivity contribution in [2.24, 2.45) is 5.10 Å². The number of nitrogens with zero attached hydrogens (tertiary/aromatic N) is 1. The number of aromatic hydroxyl groups is 2. The predicted octanol–water partition coefficient (Wildman–Crippen LogP) is 2.67. The maximum atomic E-state index is 11.9. The van der Waals surface area contributed by atoms with Crippen molar-refractivity contribution in [1.82, 2.24) is 5.43 Å². The summed E-state index contributed by atoms with van der Waals surface area (Å²) >= 11 is 5.77. The van der Waals surface area contributed by atoms with E-state index in [1.807, 2.05) is 0 Å². The third-order valence-electron chi connectivity index (χ3n) is 2.89. The molecule has 2 aromatic rings. The second-order valence-corrected chi connectivity index (χ2v) is 5.13. The molecule has 0 fully saturated rings. The van der Waals surface area contributed by atoms with Gasteiger partial charge in [0.05, 0.1) is 6.21 Å². The average molecular weight is 335 g/mol. The highest BCUT2D eigenvalue weighted by molar-refractivity contribution is 6.30. The fourth-order valence-corrected chi connectivity index (χ4v) is 1.79. The molecule has 0 aliphatic rings. The molecule has 0 radical (unpaired) electrons. The monoisotopic (exact) mass is 334 g/mol. The van der Waals surface area contributed by atoms with Crippen LogP contribution in [0.1, 0.15) is 12.5 Å². The molecule has 0 saturated carbocycles. The zero-order valence-electron chi connectivity index (χ0n) is 12.2. The number of carbonyl (C=O) groups excluding carboxylic acids is 1. The van der Waals surface area contributed by atoms with Crippen LogP contribution in [0, 0.1) is 0 Å². The fraction of sp³-hybridized carbons (Fsp3) is 0.125. The lowest BCUT2D eigenvalue weighted by Gasteiger charge is -2.12. The zero-order valence-corrected chi connectivity index (χ0v) is 13.0. The van der Waals surface area contributed by atoms with E-state index in [-0.39, 0.29) is 11.5 Å². The summed E-state index contributed by atoms with van der Waals surface area (Å²) in [4.78, 5) is 11.9. The van der Waals surface area contributed by atoms with Gasteiger partial charge in [-0.2, -0.15) is 5.10 Å². The van der Waals surface area contributed by atoms with Gasteiger partial charge in [0.2, 0.25) is 0 Å². The maximum Gasteiger partial charge on any atom is 0.280 e. The summed E-state index contributed by atoms with van der Waals surface area (Å²) < 4.78 is 5.45. The number of carbonyl (C=O) groups is 1. The second kappa shape index (κ2) is 7.51.